The van der Waals surface area contributed by atoms with Crippen LogP contribution >= 0.6 is 24.0 Å². The van der Waals surface area contributed by atoms with E-state index in [0.29, 0.717) is 31.5 Å². The summed E-state index contributed by atoms with van der Waals surface area (Å²) in [6.07, 6.45) is -0.936. The van der Waals surface area contributed by atoms with Crippen molar-refractivity contribution in [2.45, 2.75) is 58.8 Å². The standard InChI is InChI=1S/C20H28F3N5O2.HI/c1-4-15(5-2)17-9-16(30-28-17)12-27-19(24-6-3)26-11-14-7-8-18(25-10-14)29-13-20(21,22)23;/h7-10,15H,4-6,11-13H2,1-3H3,(H2,24,26,27);1H. The van der Waals surface area contributed by atoms with Crippen LogP contribution in [0.2, 0.25) is 0 Å². The van der Waals surface area contributed by atoms with Crippen LogP contribution in [0.5, 0.6) is 5.88 Å². The van der Waals surface area contributed by atoms with E-state index >= 15 is 0 Å². The van der Waals surface area contributed by atoms with Crippen molar-refractivity contribution >= 4 is 29.9 Å². The molecule has 0 aromatic carbocycles. The van der Waals surface area contributed by atoms with Gasteiger partial charge in [-0.25, -0.2) is 9.98 Å². The average molecular weight is 555 g/mol. The molecule has 7 nitrogen and oxygen atoms in total. The first kappa shape index (κ1) is 27.0. The van der Waals surface area contributed by atoms with Crippen molar-refractivity contribution in [3.8, 4) is 5.88 Å². The highest BCUT2D eigenvalue weighted by Crippen LogP contribution is 2.22. The Labute approximate surface area is 197 Å². The fraction of sp³-hybridized carbons (Fsp3) is 0.550. The van der Waals surface area contributed by atoms with Gasteiger partial charge in [-0.05, 0) is 25.3 Å². The Morgan fingerprint density at radius 3 is 2.52 bits per heavy atom. The molecule has 2 aromatic rings. The summed E-state index contributed by atoms with van der Waals surface area (Å²) in [5.74, 6) is 1.61. The molecular formula is C20H29F3IN5O2. The number of halogens is 4. The zero-order valence-electron chi connectivity index (χ0n) is 17.8. The monoisotopic (exact) mass is 555 g/mol. The van der Waals surface area contributed by atoms with Crippen LogP contribution in [-0.2, 0) is 13.1 Å². The van der Waals surface area contributed by atoms with Crippen molar-refractivity contribution < 1.29 is 22.4 Å². The largest absolute Gasteiger partial charge is 0.468 e. The predicted molar refractivity (Wildman–Crippen MR) is 123 cm³/mol. The van der Waals surface area contributed by atoms with E-state index in [4.69, 9.17) is 4.52 Å². The van der Waals surface area contributed by atoms with Gasteiger partial charge < -0.3 is 19.9 Å². The first-order valence-electron chi connectivity index (χ1n) is 9.96. The molecular weight excluding hydrogens is 526 g/mol. The third kappa shape index (κ3) is 9.74. The summed E-state index contributed by atoms with van der Waals surface area (Å²) in [5, 5.41) is 10.5. The molecule has 0 unspecified atom stereocenters. The molecule has 0 atom stereocenters. The molecule has 0 fully saturated rings. The molecule has 0 aliphatic rings. The van der Waals surface area contributed by atoms with Crippen LogP contribution < -0.4 is 15.4 Å². The second-order valence-electron chi connectivity index (χ2n) is 6.69. The van der Waals surface area contributed by atoms with Crippen LogP contribution in [0.25, 0.3) is 0 Å². The van der Waals surface area contributed by atoms with Crippen molar-refractivity contribution in [1.29, 1.82) is 0 Å². The molecule has 2 N–H and O–H groups in total. The summed E-state index contributed by atoms with van der Waals surface area (Å²) >= 11 is 0. The number of rotatable bonds is 10. The van der Waals surface area contributed by atoms with Gasteiger partial charge in [0.2, 0.25) is 5.88 Å². The number of alkyl halides is 3. The normalized spacial score (nSPS) is 11.9. The van der Waals surface area contributed by atoms with Gasteiger partial charge in [-0.2, -0.15) is 13.2 Å². The van der Waals surface area contributed by atoms with E-state index in [-0.39, 0.29) is 29.9 Å². The summed E-state index contributed by atoms with van der Waals surface area (Å²) < 4.78 is 46.5. The molecule has 2 aromatic heterocycles. The Balaban J connectivity index is 0.00000480. The number of hydrogen-bond acceptors (Lipinski definition) is 5. The zero-order valence-corrected chi connectivity index (χ0v) is 20.2. The number of pyridine rings is 1. The number of nitrogens with zero attached hydrogens (tertiary/aromatic N) is 3. The molecule has 0 aliphatic heterocycles. The number of aliphatic imine (C=N–C) groups is 1. The van der Waals surface area contributed by atoms with Gasteiger partial charge in [0.15, 0.2) is 18.3 Å². The molecule has 0 spiro atoms. The lowest BCUT2D eigenvalue weighted by atomic mass is 9.99. The second kappa shape index (κ2) is 13.4. The Morgan fingerprint density at radius 2 is 1.94 bits per heavy atom. The quantitative estimate of drug-likeness (QED) is 0.249. The highest BCUT2D eigenvalue weighted by molar-refractivity contribution is 14.0. The van der Waals surface area contributed by atoms with Gasteiger partial charge >= 0.3 is 6.18 Å². The Bertz CT molecular complexity index is 793. The molecule has 0 bridgehead atoms. The van der Waals surface area contributed by atoms with E-state index in [1.807, 2.05) is 13.0 Å². The summed E-state index contributed by atoms with van der Waals surface area (Å²) in [7, 11) is 0. The van der Waals surface area contributed by atoms with Gasteiger partial charge in [0.05, 0.1) is 18.8 Å². The summed E-state index contributed by atoms with van der Waals surface area (Å²) in [6, 6.07) is 4.98. The van der Waals surface area contributed by atoms with E-state index in [1.54, 1.807) is 6.07 Å². The minimum Gasteiger partial charge on any atom is -0.468 e. The number of hydrogen-bond donors (Lipinski definition) is 2. The van der Waals surface area contributed by atoms with Crippen molar-refractivity contribution in [1.82, 2.24) is 20.8 Å². The number of ether oxygens (including phenoxy) is 1. The average Bonchev–Trinajstić information content (AvgIpc) is 3.18. The summed E-state index contributed by atoms with van der Waals surface area (Å²) in [4.78, 5) is 8.34. The van der Waals surface area contributed by atoms with E-state index in [1.165, 1.54) is 12.3 Å². The SMILES string of the molecule is CCNC(=NCc1ccc(OCC(F)(F)F)nc1)NCc1cc(C(CC)CC)no1.I. The fourth-order valence-electron chi connectivity index (χ4n) is 2.74. The molecule has 0 radical (unpaired) electrons. The lowest BCUT2D eigenvalue weighted by Crippen LogP contribution is -2.36. The molecule has 0 aliphatic carbocycles. The molecule has 2 rings (SSSR count). The third-order valence-electron chi connectivity index (χ3n) is 4.36. The van der Waals surface area contributed by atoms with Gasteiger partial charge in [-0.3, -0.25) is 0 Å². The molecule has 0 amide bonds. The smallest absolute Gasteiger partial charge is 0.422 e. The molecule has 0 saturated carbocycles. The van der Waals surface area contributed by atoms with Crippen LogP contribution in [0.1, 0.15) is 56.5 Å². The maximum atomic E-state index is 12.2. The Kier molecular flexibility index (Phi) is 11.6. The van der Waals surface area contributed by atoms with Gasteiger partial charge in [0.1, 0.15) is 0 Å². The van der Waals surface area contributed by atoms with E-state index in [9.17, 15) is 13.2 Å². The van der Waals surface area contributed by atoms with Crippen molar-refractivity contribution in [3.63, 3.8) is 0 Å². The minimum atomic E-state index is -4.39. The lowest BCUT2D eigenvalue weighted by Gasteiger charge is -2.10. The maximum Gasteiger partial charge on any atom is 0.422 e. The molecule has 0 saturated heterocycles. The van der Waals surface area contributed by atoms with Gasteiger partial charge in [-0.15, -0.1) is 24.0 Å². The van der Waals surface area contributed by atoms with Gasteiger partial charge in [-0.1, -0.05) is 25.1 Å². The first-order chi connectivity index (χ1) is 14.3. The number of nitrogens with one attached hydrogen (secondary N) is 2. The zero-order chi connectivity index (χ0) is 22.0. The predicted octanol–water partition coefficient (Wildman–Crippen LogP) is 4.79. The minimum absolute atomic E-state index is 0. The van der Waals surface area contributed by atoms with Crippen LogP contribution in [0.4, 0.5) is 13.2 Å². The lowest BCUT2D eigenvalue weighted by molar-refractivity contribution is -0.154. The number of guanidine groups is 1. The van der Waals surface area contributed by atoms with Crippen LogP contribution in [0.15, 0.2) is 33.9 Å². The Hall–Kier alpha value is -2.05. The Morgan fingerprint density at radius 1 is 1.19 bits per heavy atom. The van der Waals surface area contributed by atoms with E-state index in [2.05, 4.69) is 44.4 Å². The van der Waals surface area contributed by atoms with Crippen molar-refractivity contribution in [2.75, 3.05) is 13.2 Å². The second-order valence-corrected chi connectivity index (χ2v) is 6.69. The van der Waals surface area contributed by atoms with Gasteiger partial charge in [0.25, 0.3) is 0 Å². The van der Waals surface area contributed by atoms with E-state index < -0.39 is 12.8 Å². The van der Waals surface area contributed by atoms with Crippen LogP contribution in [0, 0.1) is 0 Å². The van der Waals surface area contributed by atoms with Gasteiger partial charge in [0, 0.05) is 30.8 Å². The number of aromatic nitrogens is 2. The highest BCUT2D eigenvalue weighted by Gasteiger charge is 2.28. The molecule has 31 heavy (non-hydrogen) atoms. The third-order valence-corrected chi connectivity index (χ3v) is 4.36. The van der Waals surface area contributed by atoms with Crippen LogP contribution in [0.3, 0.4) is 0 Å². The fourth-order valence-corrected chi connectivity index (χ4v) is 2.74. The van der Waals surface area contributed by atoms with Crippen LogP contribution in [-0.4, -0.2) is 35.4 Å². The highest BCUT2D eigenvalue weighted by atomic mass is 127. The maximum absolute atomic E-state index is 12.2. The molecule has 11 heteroatoms. The topological polar surface area (TPSA) is 84.6 Å². The molecule has 174 valence electrons. The summed E-state index contributed by atoms with van der Waals surface area (Å²) in [5.41, 5.74) is 1.69. The van der Waals surface area contributed by atoms with Crippen molar-refractivity contribution in [2.24, 2.45) is 4.99 Å². The summed E-state index contributed by atoms with van der Waals surface area (Å²) in [6.45, 7) is 6.24. The van der Waals surface area contributed by atoms with E-state index in [0.717, 1.165) is 29.9 Å². The molecule has 2 heterocycles. The first-order valence-corrected chi connectivity index (χ1v) is 9.96. The van der Waals surface area contributed by atoms with Crippen molar-refractivity contribution in [3.05, 3.63) is 41.4 Å².